The zero-order valence-corrected chi connectivity index (χ0v) is 4.49. The summed E-state index contributed by atoms with van der Waals surface area (Å²) in [6, 6.07) is 0. The van der Waals surface area contributed by atoms with Gasteiger partial charge < -0.3 is 5.11 Å². The first-order valence-electron chi connectivity index (χ1n) is 1.99. The zero-order valence-electron chi connectivity index (χ0n) is 4.49. The third-order valence-corrected chi connectivity index (χ3v) is 0.751. The van der Waals surface area contributed by atoms with Crippen LogP contribution in [-0.4, -0.2) is 23.2 Å². The lowest BCUT2D eigenvalue weighted by Crippen LogP contribution is -2.43. The van der Waals surface area contributed by atoms with Crippen LogP contribution < -0.4 is 0 Å². The number of halogens is 3. The molecule has 0 rings (SSSR count). The molecule has 0 aliphatic rings. The second kappa shape index (κ2) is 1.98. The summed E-state index contributed by atoms with van der Waals surface area (Å²) in [5, 5.41) is 8.11. The van der Waals surface area contributed by atoms with Crippen LogP contribution in [0.1, 0.15) is 6.92 Å². The molecule has 0 aliphatic carbocycles. The third-order valence-electron chi connectivity index (χ3n) is 0.751. The number of hydrogen-bond acceptors (Lipinski definition) is 2. The Morgan fingerprint density at radius 3 is 1.78 bits per heavy atom. The summed E-state index contributed by atoms with van der Waals surface area (Å²) in [7, 11) is 0. The molecule has 9 heavy (non-hydrogen) atoms. The summed E-state index contributed by atoms with van der Waals surface area (Å²) in [6.07, 6.45) is -4.46. The van der Waals surface area contributed by atoms with Gasteiger partial charge in [0.2, 0.25) is 11.9 Å². The van der Waals surface area contributed by atoms with E-state index >= 15 is 0 Å². The normalized spacial score (nSPS) is 18.8. The molecule has 0 aromatic carbocycles. The van der Waals surface area contributed by atoms with Crippen LogP contribution in [0.5, 0.6) is 0 Å². The van der Waals surface area contributed by atoms with E-state index in [0.29, 0.717) is 13.2 Å². The second-order valence-corrected chi connectivity index (χ2v) is 1.67. The Bertz CT molecular complexity index is 115. The lowest BCUT2D eigenvalue weighted by molar-refractivity contribution is -0.223. The molecule has 0 aromatic heterocycles. The van der Waals surface area contributed by atoms with E-state index in [4.69, 9.17) is 5.11 Å². The van der Waals surface area contributed by atoms with Crippen molar-refractivity contribution in [3.63, 3.8) is 0 Å². The minimum absolute atomic E-state index is 0.333. The maximum Gasteiger partial charge on any atom is 0.424 e. The minimum atomic E-state index is -4.92. The van der Waals surface area contributed by atoms with Gasteiger partial charge in [-0.05, 0) is 6.92 Å². The first kappa shape index (κ1) is 8.42. The topological polar surface area (TPSA) is 37.3 Å². The van der Waals surface area contributed by atoms with Crippen molar-refractivity contribution in [2.75, 3.05) is 0 Å². The molecule has 0 saturated heterocycles. The zero-order chi connectivity index (χ0) is 7.71. The highest BCUT2D eigenvalue weighted by molar-refractivity contribution is 5.63. The molecule has 53 valence electrons. The molecular weight excluding hydrogens is 137 g/mol. The first-order chi connectivity index (χ1) is 3.81. The van der Waals surface area contributed by atoms with E-state index in [-0.39, 0.29) is 0 Å². The Balaban J connectivity index is 4.32. The van der Waals surface area contributed by atoms with E-state index in [1.807, 2.05) is 0 Å². The fourth-order valence-corrected chi connectivity index (χ4v) is 0.0579. The van der Waals surface area contributed by atoms with E-state index in [2.05, 4.69) is 0 Å². The van der Waals surface area contributed by atoms with Crippen LogP contribution in [0.2, 0.25) is 0 Å². The van der Waals surface area contributed by atoms with Crippen LogP contribution >= 0.6 is 0 Å². The van der Waals surface area contributed by atoms with Crippen LogP contribution in [0.3, 0.4) is 0 Å². The van der Waals surface area contributed by atoms with Crippen molar-refractivity contribution in [2.24, 2.45) is 0 Å². The molecule has 2 nitrogen and oxygen atoms in total. The van der Waals surface area contributed by atoms with Gasteiger partial charge in [-0.15, -0.1) is 0 Å². The quantitative estimate of drug-likeness (QED) is 0.574. The fourth-order valence-electron chi connectivity index (χ4n) is 0.0579. The van der Waals surface area contributed by atoms with Gasteiger partial charge in [0.15, 0.2) is 0 Å². The first-order valence-corrected chi connectivity index (χ1v) is 1.99. The summed E-state index contributed by atoms with van der Waals surface area (Å²) >= 11 is 0. The van der Waals surface area contributed by atoms with Crippen LogP contribution in [0, 0.1) is 0 Å². The highest BCUT2D eigenvalue weighted by atomic mass is 19.4. The predicted octanol–water partition coefficient (Wildman–Crippen LogP) is 0.409. The van der Waals surface area contributed by atoms with Gasteiger partial charge >= 0.3 is 6.18 Å². The molecule has 0 amide bonds. The molecule has 1 N–H and O–H groups in total. The van der Waals surface area contributed by atoms with Crippen molar-refractivity contribution >= 4 is 6.29 Å². The maximum absolute atomic E-state index is 11.3. The number of alkyl halides is 3. The molecule has 0 spiro atoms. The monoisotopic (exact) mass is 141 g/mol. The second-order valence-electron chi connectivity index (χ2n) is 1.67. The molecule has 0 fully saturated rings. The number of carbonyl (C=O) groups excluding carboxylic acids is 1. The Morgan fingerprint density at radius 2 is 1.78 bits per heavy atom. The van der Waals surface area contributed by atoms with E-state index < -0.39 is 11.8 Å². The smallest absolute Gasteiger partial charge is 0.374 e. The number of hydrogen-bond donors (Lipinski definition) is 1. The minimum Gasteiger partial charge on any atom is -0.374 e. The molecule has 0 unspecified atom stereocenters. The molecular formula is C4H4F3O2. The summed E-state index contributed by atoms with van der Waals surface area (Å²) in [5.74, 6) is 0. The van der Waals surface area contributed by atoms with Crippen molar-refractivity contribution in [3.05, 3.63) is 0 Å². The van der Waals surface area contributed by atoms with Gasteiger partial charge in [-0.25, -0.2) is 0 Å². The van der Waals surface area contributed by atoms with Crippen LogP contribution in [0.15, 0.2) is 0 Å². The summed E-state index contributed by atoms with van der Waals surface area (Å²) in [5.41, 5.74) is -3.33. The SMILES string of the molecule is C[C@@](O)([C]=O)C(F)(F)F. The van der Waals surface area contributed by atoms with E-state index in [1.165, 1.54) is 0 Å². The molecule has 0 aromatic rings. The van der Waals surface area contributed by atoms with Crippen LogP contribution in [-0.2, 0) is 4.79 Å². The lowest BCUT2D eigenvalue weighted by Gasteiger charge is -2.17. The highest BCUT2D eigenvalue weighted by Gasteiger charge is 2.50. The largest absolute Gasteiger partial charge is 0.424 e. The Hall–Kier alpha value is -0.580. The Kier molecular flexibility index (Phi) is 1.85. The van der Waals surface area contributed by atoms with Crippen molar-refractivity contribution < 1.29 is 23.1 Å². The van der Waals surface area contributed by atoms with Crippen molar-refractivity contribution in [3.8, 4) is 0 Å². The fraction of sp³-hybridized carbons (Fsp3) is 0.750. The van der Waals surface area contributed by atoms with Crippen LogP contribution in [0.25, 0.3) is 0 Å². The van der Waals surface area contributed by atoms with Crippen molar-refractivity contribution in [2.45, 2.75) is 18.7 Å². The lowest BCUT2D eigenvalue weighted by atomic mass is 10.1. The van der Waals surface area contributed by atoms with Crippen molar-refractivity contribution in [1.82, 2.24) is 0 Å². The summed E-state index contributed by atoms with van der Waals surface area (Å²) in [4.78, 5) is 9.38. The molecule has 0 aliphatic heterocycles. The van der Waals surface area contributed by atoms with Gasteiger partial charge in [-0.2, -0.15) is 13.2 Å². The Morgan fingerprint density at radius 1 is 1.44 bits per heavy atom. The maximum atomic E-state index is 11.3. The van der Waals surface area contributed by atoms with Gasteiger partial charge in [0.05, 0.1) is 0 Å². The van der Waals surface area contributed by atoms with E-state index in [9.17, 15) is 18.0 Å². The molecule has 0 bridgehead atoms. The number of rotatable bonds is 1. The standard InChI is InChI=1S/C4H4F3O2/c1-3(9,2-8)4(5,6)7/h9H,1H3/t3-/m1/s1. The average Bonchev–Trinajstić information content (AvgIpc) is 1.64. The van der Waals surface area contributed by atoms with Gasteiger partial charge in [-0.1, -0.05) is 0 Å². The summed E-state index contributed by atoms with van der Waals surface area (Å²) in [6.45, 7) is 0.333. The summed E-state index contributed by atoms with van der Waals surface area (Å²) < 4.78 is 34.0. The Labute approximate surface area is 49.3 Å². The molecule has 1 radical (unpaired) electrons. The van der Waals surface area contributed by atoms with Gasteiger partial charge in [0.25, 0.3) is 0 Å². The molecule has 0 heterocycles. The third kappa shape index (κ3) is 1.67. The predicted molar refractivity (Wildman–Crippen MR) is 22.4 cm³/mol. The average molecular weight is 141 g/mol. The van der Waals surface area contributed by atoms with Crippen LogP contribution in [0.4, 0.5) is 13.2 Å². The molecule has 1 atom stereocenters. The van der Waals surface area contributed by atoms with Gasteiger partial charge in [0, 0.05) is 0 Å². The molecule has 5 heteroatoms. The van der Waals surface area contributed by atoms with E-state index in [1.54, 1.807) is 0 Å². The molecule has 0 saturated carbocycles. The van der Waals surface area contributed by atoms with Crippen molar-refractivity contribution in [1.29, 1.82) is 0 Å². The number of aliphatic hydroxyl groups is 1. The van der Waals surface area contributed by atoms with Gasteiger partial charge in [0.1, 0.15) is 0 Å². The van der Waals surface area contributed by atoms with Gasteiger partial charge in [-0.3, -0.25) is 4.79 Å². The van der Waals surface area contributed by atoms with E-state index in [0.717, 1.165) is 0 Å². The highest BCUT2D eigenvalue weighted by Crippen LogP contribution is 2.27.